The lowest BCUT2D eigenvalue weighted by Gasteiger charge is -2.52. The van der Waals surface area contributed by atoms with E-state index in [1.54, 1.807) is 11.3 Å². The molecule has 6 heteroatoms. The number of piperazine rings is 1. The topological polar surface area (TPSA) is 45.4 Å². The van der Waals surface area contributed by atoms with Gasteiger partial charge in [0.2, 0.25) is 0 Å². The summed E-state index contributed by atoms with van der Waals surface area (Å²) in [5.41, 5.74) is 6.16. The van der Waals surface area contributed by atoms with Gasteiger partial charge in [-0.1, -0.05) is 19.3 Å². The molecule has 0 bridgehead atoms. The van der Waals surface area contributed by atoms with Gasteiger partial charge >= 0.3 is 0 Å². The van der Waals surface area contributed by atoms with Crippen LogP contribution in [0.25, 0.3) is 0 Å². The highest BCUT2D eigenvalue weighted by Crippen LogP contribution is 2.37. The molecule has 1 aromatic heterocycles. The molecule has 1 aliphatic heterocycles. The minimum atomic E-state index is 0. The largest absolute Gasteiger partial charge is 0.375 e. The van der Waals surface area contributed by atoms with E-state index in [1.165, 1.54) is 56.6 Å². The molecule has 3 rings (SSSR count). The summed E-state index contributed by atoms with van der Waals surface area (Å²) in [5, 5.41) is 0.696. The molecular weight excluding hydrogens is 292 g/mol. The molecule has 0 unspecified atom stereocenters. The maximum Gasteiger partial charge on any atom is 0.180 e. The van der Waals surface area contributed by atoms with E-state index in [9.17, 15) is 0 Å². The molecule has 114 valence electrons. The normalized spacial score (nSPS) is 23.6. The molecule has 1 aromatic rings. The standard InChI is InChI=1S/C14H24N4S.ClH/c1-17-7-8-18(10-12-9-16-13(15)19-12)14(11-17)5-3-2-4-6-14;/h9H,2-8,10-11H2,1H3,(H2,15,16);1H. The molecule has 1 spiro atoms. The first-order chi connectivity index (χ1) is 9.18. The zero-order valence-corrected chi connectivity index (χ0v) is 13.8. The van der Waals surface area contributed by atoms with Gasteiger partial charge < -0.3 is 10.6 Å². The van der Waals surface area contributed by atoms with Crippen molar-refractivity contribution in [3.63, 3.8) is 0 Å². The van der Waals surface area contributed by atoms with Crippen LogP contribution in [0.5, 0.6) is 0 Å². The van der Waals surface area contributed by atoms with Crippen molar-refractivity contribution in [1.29, 1.82) is 0 Å². The van der Waals surface area contributed by atoms with Crippen molar-refractivity contribution in [2.24, 2.45) is 0 Å². The summed E-state index contributed by atoms with van der Waals surface area (Å²) in [6.07, 6.45) is 8.84. The molecule has 2 aliphatic rings. The highest BCUT2D eigenvalue weighted by atomic mass is 35.5. The van der Waals surface area contributed by atoms with E-state index in [0.717, 1.165) is 6.54 Å². The van der Waals surface area contributed by atoms with Crippen molar-refractivity contribution in [3.05, 3.63) is 11.1 Å². The highest BCUT2D eigenvalue weighted by Gasteiger charge is 2.41. The van der Waals surface area contributed by atoms with Gasteiger partial charge in [0.1, 0.15) is 0 Å². The Labute approximate surface area is 131 Å². The Bertz CT molecular complexity index is 431. The number of halogens is 1. The summed E-state index contributed by atoms with van der Waals surface area (Å²) in [5.74, 6) is 0. The lowest BCUT2D eigenvalue weighted by Crippen LogP contribution is -2.61. The molecule has 20 heavy (non-hydrogen) atoms. The quantitative estimate of drug-likeness (QED) is 0.911. The fraction of sp³-hybridized carbons (Fsp3) is 0.786. The zero-order valence-electron chi connectivity index (χ0n) is 12.2. The van der Waals surface area contributed by atoms with Crippen LogP contribution in [0.1, 0.15) is 37.0 Å². The molecule has 2 N–H and O–H groups in total. The molecule has 2 heterocycles. The third-order valence-electron chi connectivity index (χ3n) is 4.69. The summed E-state index contributed by atoms with van der Waals surface area (Å²) in [7, 11) is 2.26. The van der Waals surface area contributed by atoms with Crippen LogP contribution in [0.4, 0.5) is 5.13 Å². The van der Waals surface area contributed by atoms with Gasteiger partial charge in [-0.3, -0.25) is 4.90 Å². The van der Waals surface area contributed by atoms with E-state index < -0.39 is 0 Å². The molecule has 0 aromatic carbocycles. The van der Waals surface area contributed by atoms with Crippen molar-refractivity contribution in [2.45, 2.75) is 44.2 Å². The van der Waals surface area contributed by atoms with Crippen LogP contribution in [0.2, 0.25) is 0 Å². The molecule has 1 saturated carbocycles. The van der Waals surface area contributed by atoms with Crippen molar-refractivity contribution in [3.8, 4) is 0 Å². The van der Waals surface area contributed by atoms with Gasteiger partial charge in [-0.2, -0.15) is 0 Å². The summed E-state index contributed by atoms with van der Waals surface area (Å²) >= 11 is 1.64. The Morgan fingerprint density at radius 2 is 2.05 bits per heavy atom. The van der Waals surface area contributed by atoms with E-state index in [1.807, 2.05) is 6.20 Å². The Balaban J connectivity index is 0.00000147. The van der Waals surface area contributed by atoms with Gasteiger partial charge in [-0.05, 0) is 19.9 Å². The second-order valence-corrected chi connectivity index (χ2v) is 7.26. The zero-order chi connectivity index (χ0) is 13.3. The second-order valence-electron chi connectivity index (χ2n) is 6.11. The minimum absolute atomic E-state index is 0. The van der Waals surface area contributed by atoms with E-state index in [0.29, 0.717) is 10.7 Å². The first kappa shape index (κ1) is 16.0. The smallest absolute Gasteiger partial charge is 0.180 e. The molecule has 1 aliphatic carbocycles. The van der Waals surface area contributed by atoms with Gasteiger partial charge in [-0.15, -0.1) is 23.7 Å². The minimum Gasteiger partial charge on any atom is -0.375 e. The maximum atomic E-state index is 5.76. The summed E-state index contributed by atoms with van der Waals surface area (Å²) < 4.78 is 0. The summed E-state index contributed by atoms with van der Waals surface area (Å²) in [6, 6.07) is 0. The summed E-state index contributed by atoms with van der Waals surface area (Å²) in [6.45, 7) is 4.61. The Morgan fingerprint density at radius 3 is 2.70 bits per heavy atom. The third-order valence-corrected chi connectivity index (χ3v) is 5.50. The highest BCUT2D eigenvalue weighted by molar-refractivity contribution is 7.15. The van der Waals surface area contributed by atoms with Gasteiger partial charge in [0.25, 0.3) is 0 Å². The number of nitrogen functional groups attached to an aromatic ring is 1. The lowest BCUT2D eigenvalue weighted by molar-refractivity contribution is -0.0232. The van der Waals surface area contributed by atoms with E-state index in [2.05, 4.69) is 21.8 Å². The van der Waals surface area contributed by atoms with Gasteiger partial charge in [0, 0.05) is 42.8 Å². The first-order valence-electron chi connectivity index (χ1n) is 7.32. The number of anilines is 1. The molecule has 1 saturated heterocycles. The van der Waals surface area contributed by atoms with Crippen LogP contribution in [0, 0.1) is 0 Å². The average Bonchev–Trinajstić information content (AvgIpc) is 2.80. The van der Waals surface area contributed by atoms with Gasteiger partial charge in [-0.25, -0.2) is 4.98 Å². The van der Waals surface area contributed by atoms with Crippen LogP contribution in [-0.4, -0.2) is 47.0 Å². The van der Waals surface area contributed by atoms with E-state index in [-0.39, 0.29) is 12.4 Å². The fourth-order valence-corrected chi connectivity index (χ4v) is 4.42. The predicted molar refractivity (Wildman–Crippen MR) is 87.5 cm³/mol. The number of nitrogens with zero attached hydrogens (tertiary/aromatic N) is 3. The fourth-order valence-electron chi connectivity index (χ4n) is 3.72. The van der Waals surface area contributed by atoms with E-state index in [4.69, 9.17) is 5.73 Å². The second kappa shape index (κ2) is 6.60. The van der Waals surface area contributed by atoms with Gasteiger partial charge in [0.15, 0.2) is 5.13 Å². The van der Waals surface area contributed by atoms with Crippen LogP contribution in [0.3, 0.4) is 0 Å². The Morgan fingerprint density at radius 1 is 1.30 bits per heavy atom. The Kier molecular flexibility index (Phi) is 5.29. The summed E-state index contributed by atoms with van der Waals surface area (Å²) in [4.78, 5) is 10.7. The van der Waals surface area contributed by atoms with Crippen molar-refractivity contribution >= 4 is 28.9 Å². The monoisotopic (exact) mass is 316 g/mol. The van der Waals surface area contributed by atoms with Crippen LogP contribution in [-0.2, 0) is 6.54 Å². The van der Waals surface area contributed by atoms with Crippen molar-refractivity contribution in [2.75, 3.05) is 32.4 Å². The number of hydrogen-bond acceptors (Lipinski definition) is 5. The molecule has 0 amide bonds. The number of nitrogens with two attached hydrogens (primary N) is 1. The van der Waals surface area contributed by atoms with Crippen molar-refractivity contribution < 1.29 is 0 Å². The van der Waals surface area contributed by atoms with E-state index >= 15 is 0 Å². The van der Waals surface area contributed by atoms with Crippen LogP contribution >= 0.6 is 23.7 Å². The number of likely N-dealkylation sites (N-methyl/N-ethyl adjacent to an activating group) is 1. The molecule has 2 fully saturated rings. The number of rotatable bonds is 2. The average molecular weight is 317 g/mol. The van der Waals surface area contributed by atoms with Gasteiger partial charge in [0.05, 0.1) is 0 Å². The predicted octanol–water partition coefficient (Wildman–Crippen LogP) is 2.60. The molecule has 0 radical (unpaired) electrons. The molecular formula is C14H25ClN4S. The van der Waals surface area contributed by atoms with Crippen LogP contribution < -0.4 is 5.73 Å². The number of hydrogen-bond donors (Lipinski definition) is 1. The van der Waals surface area contributed by atoms with Crippen LogP contribution in [0.15, 0.2) is 6.20 Å². The number of aromatic nitrogens is 1. The maximum absolute atomic E-state index is 5.76. The SMILES string of the molecule is CN1CCN(Cc2cnc(N)s2)C2(CCCCC2)C1.Cl. The first-order valence-corrected chi connectivity index (χ1v) is 8.13. The molecule has 4 nitrogen and oxygen atoms in total. The Hall–Kier alpha value is -0.360. The molecule has 0 atom stereocenters. The lowest BCUT2D eigenvalue weighted by atomic mass is 9.78. The number of thiazole rings is 1. The van der Waals surface area contributed by atoms with Crippen molar-refractivity contribution in [1.82, 2.24) is 14.8 Å². The third kappa shape index (κ3) is 3.27.